The third-order valence-electron chi connectivity index (χ3n) is 6.43. The predicted octanol–water partition coefficient (Wildman–Crippen LogP) is 3.18. The number of carboxylic acids is 1. The smallest absolute Gasteiger partial charge is 0.416 e. The van der Waals surface area contributed by atoms with E-state index in [1.54, 1.807) is 29.2 Å². The van der Waals surface area contributed by atoms with Crippen LogP contribution >= 0.6 is 0 Å². The van der Waals surface area contributed by atoms with Crippen LogP contribution in [0.1, 0.15) is 39.9 Å². The topological polar surface area (TPSA) is 87.1 Å². The van der Waals surface area contributed by atoms with Crippen LogP contribution in [0, 0.1) is 0 Å². The van der Waals surface area contributed by atoms with Crippen molar-refractivity contribution in [1.82, 2.24) is 4.90 Å². The Hall–Kier alpha value is -2.91. The van der Waals surface area contributed by atoms with Crippen LogP contribution in [0.15, 0.2) is 48.5 Å². The van der Waals surface area contributed by atoms with Gasteiger partial charge in [0.1, 0.15) is 5.60 Å². The first kappa shape index (κ1) is 22.3. The van der Waals surface area contributed by atoms with Crippen molar-refractivity contribution in [2.75, 3.05) is 26.3 Å². The van der Waals surface area contributed by atoms with E-state index in [4.69, 9.17) is 4.74 Å². The second-order valence-electron chi connectivity index (χ2n) is 8.36. The fourth-order valence-corrected chi connectivity index (χ4v) is 4.26. The van der Waals surface area contributed by atoms with Crippen LogP contribution in [-0.2, 0) is 26.7 Å². The van der Waals surface area contributed by atoms with Crippen LogP contribution < -0.4 is 0 Å². The summed E-state index contributed by atoms with van der Waals surface area (Å²) in [6, 6.07) is 10.8. The first-order chi connectivity index (χ1) is 15.1. The van der Waals surface area contributed by atoms with Gasteiger partial charge in [-0.15, -0.1) is 0 Å². The van der Waals surface area contributed by atoms with Gasteiger partial charge in [-0.05, 0) is 48.2 Å². The number of carbonyl (C=O) groups excluding carboxylic acids is 1. The van der Waals surface area contributed by atoms with E-state index in [0.717, 1.165) is 12.1 Å². The zero-order chi connectivity index (χ0) is 23.1. The Morgan fingerprint density at radius 2 is 1.44 bits per heavy atom. The van der Waals surface area contributed by atoms with Gasteiger partial charge < -0.3 is 19.8 Å². The van der Waals surface area contributed by atoms with Crippen LogP contribution in [0.3, 0.4) is 0 Å². The number of likely N-dealkylation sites (tertiary alicyclic amines) is 1. The molecule has 0 aromatic heterocycles. The van der Waals surface area contributed by atoms with Gasteiger partial charge in [0.25, 0.3) is 5.91 Å². The number of aliphatic hydroxyl groups is 1. The number of nitrogens with zero attached hydrogens (tertiary/aromatic N) is 1. The maximum absolute atomic E-state index is 12.9. The molecule has 2 N–H and O–H groups in total. The van der Waals surface area contributed by atoms with E-state index in [2.05, 4.69) is 0 Å². The van der Waals surface area contributed by atoms with Crippen molar-refractivity contribution in [2.45, 2.75) is 30.0 Å². The number of alkyl halides is 3. The minimum Gasteiger partial charge on any atom is -0.481 e. The Bertz CT molecular complexity index is 1010. The third-order valence-corrected chi connectivity index (χ3v) is 6.43. The molecule has 1 amide bonds. The lowest BCUT2D eigenvalue weighted by Crippen LogP contribution is -2.49. The van der Waals surface area contributed by atoms with Crippen LogP contribution in [0.2, 0.25) is 0 Å². The summed E-state index contributed by atoms with van der Waals surface area (Å²) in [7, 11) is 0. The summed E-state index contributed by atoms with van der Waals surface area (Å²) in [6.07, 6.45) is -4.31. The highest BCUT2D eigenvalue weighted by Crippen LogP contribution is 2.38. The first-order valence-corrected chi connectivity index (χ1v) is 10.2. The van der Waals surface area contributed by atoms with Crippen molar-refractivity contribution in [3.63, 3.8) is 0 Å². The number of rotatable bonds is 4. The van der Waals surface area contributed by atoms with Crippen LogP contribution in [0.5, 0.6) is 0 Å². The Morgan fingerprint density at radius 3 is 1.88 bits per heavy atom. The highest BCUT2D eigenvalue weighted by Gasteiger charge is 2.44. The van der Waals surface area contributed by atoms with E-state index in [-0.39, 0.29) is 45.1 Å². The Kier molecular flexibility index (Phi) is 5.50. The Morgan fingerprint density at radius 1 is 0.906 bits per heavy atom. The molecule has 32 heavy (non-hydrogen) atoms. The van der Waals surface area contributed by atoms with Gasteiger partial charge in [-0.1, -0.05) is 24.3 Å². The molecule has 2 aromatic rings. The summed E-state index contributed by atoms with van der Waals surface area (Å²) in [5, 5.41) is 20.2. The van der Waals surface area contributed by atoms with Crippen molar-refractivity contribution in [2.24, 2.45) is 0 Å². The van der Waals surface area contributed by atoms with Crippen LogP contribution in [-0.4, -0.2) is 53.3 Å². The van der Waals surface area contributed by atoms with Gasteiger partial charge in [0.05, 0.1) is 24.2 Å². The molecule has 0 saturated carbocycles. The molecule has 4 rings (SSSR count). The molecule has 0 unspecified atom stereocenters. The van der Waals surface area contributed by atoms with Crippen LogP contribution in [0.25, 0.3) is 0 Å². The van der Waals surface area contributed by atoms with E-state index >= 15 is 0 Å². The van der Waals surface area contributed by atoms with Crippen LogP contribution in [0.4, 0.5) is 13.2 Å². The highest BCUT2D eigenvalue weighted by molar-refractivity contribution is 5.94. The SMILES string of the molecule is O=C(c1ccc(C2(O)COC2)cc1)N1CCC(C(=O)O)(c2ccc(C(F)(F)F)cc2)CC1. The lowest BCUT2D eigenvalue weighted by molar-refractivity contribution is -0.184. The molecule has 9 heteroatoms. The number of carbonyl (C=O) groups is 2. The quantitative estimate of drug-likeness (QED) is 0.749. The first-order valence-electron chi connectivity index (χ1n) is 10.2. The number of ether oxygens (including phenoxy) is 1. The number of carboxylic acid groups (broad SMARTS) is 1. The number of halogens is 3. The predicted molar refractivity (Wildman–Crippen MR) is 107 cm³/mol. The summed E-state index contributed by atoms with van der Waals surface area (Å²) in [5.74, 6) is -1.38. The molecule has 170 valence electrons. The van der Waals surface area contributed by atoms with Gasteiger partial charge in [-0.25, -0.2) is 0 Å². The van der Waals surface area contributed by atoms with Crippen molar-refractivity contribution in [3.05, 3.63) is 70.8 Å². The highest BCUT2D eigenvalue weighted by atomic mass is 19.4. The number of amides is 1. The molecule has 0 spiro atoms. The minimum atomic E-state index is -4.50. The Labute approximate surface area is 182 Å². The normalized spacial score (nSPS) is 19.8. The minimum absolute atomic E-state index is 0.0919. The second-order valence-corrected chi connectivity index (χ2v) is 8.36. The number of benzene rings is 2. The molecule has 6 nitrogen and oxygen atoms in total. The number of piperidine rings is 1. The fraction of sp³-hybridized carbons (Fsp3) is 0.391. The van der Waals surface area contributed by atoms with Gasteiger partial charge in [-0.2, -0.15) is 13.2 Å². The monoisotopic (exact) mass is 449 g/mol. The van der Waals surface area contributed by atoms with E-state index in [0.29, 0.717) is 16.7 Å². The summed E-state index contributed by atoms with van der Waals surface area (Å²) in [5.41, 5.74) is -1.85. The Balaban J connectivity index is 1.47. The standard InChI is InChI=1S/C23H22F3NO5/c24-23(25,26)18-7-5-16(6-8-18)21(20(29)30)9-11-27(12-10-21)19(28)15-1-3-17(4-2-15)22(31)13-32-14-22/h1-8,31H,9-14H2,(H,29,30). The molecule has 2 aliphatic heterocycles. The molecular weight excluding hydrogens is 427 g/mol. The summed E-state index contributed by atoms with van der Waals surface area (Å²) >= 11 is 0. The molecule has 0 radical (unpaired) electrons. The maximum atomic E-state index is 12.9. The summed E-state index contributed by atoms with van der Waals surface area (Å²) in [4.78, 5) is 26.5. The largest absolute Gasteiger partial charge is 0.481 e. The molecule has 0 atom stereocenters. The second kappa shape index (κ2) is 7.90. The molecule has 2 aromatic carbocycles. The molecule has 2 fully saturated rings. The van der Waals surface area contributed by atoms with Gasteiger partial charge >= 0.3 is 12.1 Å². The van der Waals surface area contributed by atoms with Crippen molar-refractivity contribution in [1.29, 1.82) is 0 Å². The van der Waals surface area contributed by atoms with Gasteiger partial charge in [-0.3, -0.25) is 9.59 Å². The molecule has 2 heterocycles. The van der Waals surface area contributed by atoms with Gasteiger partial charge in [0.15, 0.2) is 0 Å². The van der Waals surface area contributed by atoms with Crippen molar-refractivity contribution < 1.29 is 37.7 Å². The van der Waals surface area contributed by atoms with E-state index in [1.807, 2.05) is 0 Å². The van der Waals surface area contributed by atoms with E-state index < -0.39 is 28.7 Å². The lowest BCUT2D eigenvalue weighted by atomic mass is 9.72. The summed E-state index contributed by atoms with van der Waals surface area (Å²) in [6.45, 7) is 0.721. The zero-order valence-electron chi connectivity index (χ0n) is 17.1. The molecule has 0 bridgehead atoms. The van der Waals surface area contributed by atoms with Crippen molar-refractivity contribution >= 4 is 11.9 Å². The number of hydrogen-bond acceptors (Lipinski definition) is 4. The molecular formula is C23H22F3NO5. The summed E-state index contributed by atoms with van der Waals surface area (Å²) < 4.78 is 43.6. The molecule has 0 aliphatic carbocycles. The maximum Gasteiger partial charge on any atom is 0.416 e. The van der Waals surface area contributed by atoms with E-state index in [9.17, 15) is 33.0 Å². The molecule has 2 saturated heterocycles. The average molecular weight is 449 g/mol. The third kappa shape index (κ3) is 3.86. The molecule has 2 aliphatic rings. The van der Waals surface area contributed by atoms with E-state index in [1.165, 1.54) is 12.1 Å². The lowest BCUT2D eigenvalue weighted by Gasteiger charge is -2.39. The van der Waals surface area contributed by atoms with Gasteiger partial charge in [0.2, 0.25) is 0 Å². The number of aliphatic carboxylic acids is 1. The number of hydrogen-bond donors (Lipinski definition) is 2. The van der Waals surface area contributed by atoms with Gasteiger partial charge in [0, 0.05) is 18.7 Å². The average Bonchev–Trinajstić information content (AvgIpc) is 2.76. The zero-order valence-corrected chi connectivity index (χ0v) is 17.1. The van der Waals surface area contributed by atoms with Crippen molar-refractivity contribution in [3.8, 4) is 0 Å². The fourth-order valence-electron chi connectivity index (χ4n) is 4.26.